The maximum absolute atomic E-state index is 12.5. The summed E-state index contributed by atoms with van der Waals surface area (Å²) in [6.07, 6.45) is 5.96. The maximum Gasteiger partial charge on any atom is 0.323 e. The number of nitrogens with zero attached hydrogens (tertiary/aromatic N) is 4. The van der Waals surface area contributed by atoms with Gasteiger partial charge in [-0.15, -0.1) is 5.10 Å². The van der Waals surface area contributed by atoms with E-state index in [0.717, 1.165) is 30.6 Å². The molecule has 8 nitrogen and oxygen atoms in total. The van der Waals surface area contributed by atoms with E-state index in [0.29, 0.717) is 37.3 Å². The number of carbonyl (C=O) groups excluding carboxylic acids is 1. The van der Waals surface area contributed by atoms with Crippen LogP contribution in [0, 0.1) is 6.92 Å². The van der Waals surface area contributed by atoms with E-state index in [1.807, 2.05) is 36.1 Å². The molecule has 1 atom stereocenters. The molecule has 33 heavy (non-hydrogen) atoms. The smallest absolute Gasteiger partial charge is 0.323 e. The predicted octanol–water partition coefficient (Wildman–Crippen LogP) is 4.54. The maximum atomic E-state index is 12.5. The van der Waals surface area contributed by atoms with Crippen LogP contribution in [0.1, 0.15) is 36.3 Å². The highest BCUT2D eigenvalue weighted by atomic mass is 16.5. The van der Waals surface area contributed by atoms with Crippen LogP contribution >= 0.6 is 0 Å². The Morgan fingerprint density at radius 2 is 2.06 bits per heavy atom. The first-order valence-corrected chi connectivity index (χ1v) is 11.3. The third-order valence-electron chi connectivity index (χ3n) is 6.41. The molecule has 2 aliphatic rings. The predicted molar refractivity (Wildman–Crippen MR) is 123 cm³/mol. The number of urea groups is 1. The zero-order chi connectivity index (χ0) is 22.7. The normalized spacial score (nSPS) is 19.4. The summed E-state index contributed by atoms with van der Waals surface area (Å²) in [5.74, 6) is 2.13. The number of carbonyl (C=O) groups is 1. The highest BCUT2D eigenvalue weighted by Crippen LogP contribution is 2.43. The highest BCUT2D eigenvalue weighted by Gasteiger charge is 2.43. The van der Waals surface area contributed by atoms with Crippen LogP contribution < -0.4 is 10.1 Å². The van der Waals surface area contributed by atoms with Crippen LogP contribution in [0.4, 0.5) is 10.6 Å². The number of amides is 2. The van der Waals surface area contributed by atoms with E-state index >= 15 is 0 Å². The highest BCUT2D eigenvalue weighted by molar-refractivity contribution is 5.88. The van der Waals surface area contributed by atoms with Gasteiger partial charge in [0.2, 0.25) is 5.88 Å². The second-order valence-corrected chi connectivity index (χ2v) is 8.77. The Morgan fingerprint density at radius 3 is 2.82 bits per heavy atom. The molecule has 1 N–H and O–H groups in total. The van der Waals surface area contributed by atoms with Crippen molar-refractivity contribution < 1.29 is 14.3 Å². The van der Waals surface area contributed by atoms with Crippen LogP contribution in [-0.2, 0) is 4.74 Å². The summed E-state index contributed by atoms with van der Waals surface area (Å²) in [6, 6.07) is 15.4. The van der Waals surface area contributed by atoms with Gasteiger partial charge < -0.3 is 14.4 Å². The second-order valence-electron chi connectivity index (χ2n) is 8.77. The van der Waals surface area contributed by atoms with Crippen LogP contribution in [0.3, 0.4) is 0 Å². The topological polar surface area (TPSA) is 89.5 Å². The molecule has 3 aromatic rings. The van der Waals surface area contributed by atoms with E-state index < -0.39 is 0 Å². The minimum absolute atomic E-state index is 0.144. The number of benzene rings is 1. The van der Waals surface area contributed by atoms with Crippen molar-refractivity contribution in [3.63, 3.8) is 0 Å². The number of hydrogen-bond donors (Lipinski definition) is 1. The SMILES string of the molecule is Cc1ccc(Oc2cccc([C@H]3COC4(CCN(C(=O)Nc5cccnn5)CC4)C3)c2)nc1. The van der Waals surface area contributed by atoms with Crippen molar-refractivity contribution in [2.75, 3.05) is 25.0 Å². The fourth-order valence-electron chi connectivity index (χ4n) is 4.55. The van der Waals surface area contributed by atoms with Crippen LogP contribution in [-0.4, -0.2) is 51.4 Å². The van der Waals surface area contributed by atoms with Gasteiger partial charge in [-0.2, -0.15) is 5.10 Å². The number of likely N-dealkylation sites (tertiary alicyclic amines) is 1. The number of rotatable bonds is 4. The zero-order valence-corrected chi connectivity index (χ0v) is 18.6. The Bertz CT molecular complexity index is 1100. The molecule has 0 unspecified atom stereocenters. The van der Waals surface area contributed by atoms with Crippen molar-refractivity contribution in [2.45, 2.75) is 37.7 Å². The van der Waals surface area contributed by atoms with Crippen LogP contribution in [0.5, 0.6) is 11.6 Å². The minimum atomic E-state index is -0.177. The average Bonchev–Trinajstić information content (AvgIpc) is 3.25. The van der Waals surface area contributed by atoms with Crippen LogP contribution in [0.15, 0.2) is 60.9 Å². The lowest BCUT2D eigenvalue weighted by Gasteiger charge is -2.38. The van der Waals surface area contributed by atoms with Gasteiger partial charge in [0.15, 0.2) is 5.82 Å². The second kappa shape index (κ2) is 9.15. The van der Waals surface area contributed by atoms with Gasteiger partial charge in [0.25, 0.3) is 0 Å². The molecule has 4 heterocycles. The number of anilines is 1. The Balaban J connectivity index is 1.18. The number of hydrogen-bond acceptors (Lipinski definition) is 6. The van der Waals surface area contributed by atoms with Crippen LogP contribution in [0.2, 0.25) is 0 Å². The summed E-state index contributed by atoms with van der Waals surface area (Å²) in [5, 5.41) is 10.5. The molecule has 1 spiro atoms. The third kappa shape index (κ3) is 4.96. The van der Waals surface area contributed by atoms with Crippen molar-refractivity contribution in [3.05, 3.63) is 72.1 Å². The van der Waals surface area contributed by atoms with Gasteiger partial charge in [0, 0.05) is 37.5 Å². The first-order valence-electron chi connectivity index (χ1n) is 11.3. The van der Waals surface area contributed by atoms with E-state index in [1.165, 1.54) is 5.56 Å². The van der Waals surface area contributed by atoms with Crippen molar-refractivity contribution in [1.29, 1.82) is 0 Å². The van der Waals surface area contributed by atoms with Gasteiger partial charge in [0.05, 0.1) is 12.2 Å². The first kappa shape index (κ1) is 21.3. The summed E-state index contributed by atoms with van der Waals surface area (Å²) in [7, 11) is 0. The molecule has 1 aromatic carbocycles. The number of aromatic nitrogens is 3. The Hall–Kier alpha value is -3.52. The number of ether oxygens (including phenoxy) is 2. The molecule has 2 fully saturated rings. The number of aryl methyl sites for hydroxylation is 1. The van der Waals surface area contributed by atoms with E-state index in [9.17, 15) is 4.79 Å². The van der Waals surface area contributed by atoms with Gasteiger partial charge in [-0.25, -0.2) is 9.78 Å². The fraction of sp³-hybridized carbons (Fsp3) is 0.360. The number of nitrogens with one attached hydrogen (secondary N) is 1. The summed E-state index contributed by atoms with van der Waals surface area (Å²) in [4.78, 5) is 18.7. The van der Waals surface area contributed by atoms with Crippen LogP contribution in [0.25, 0.3) is 0 Å². The lowest BCUT2D eigenvalue weighted by atomic mass is 9.83. The summed E-state index contributed by atoms with van der Waals surface area (Å²) in [5.41, 5.74) is 2.13. The first-order chi connectivity index (χ1) is 16.1. The van der Waals surface area contributed by atoms with E-state index in [1.54, 1.807) is 24.5 Å². The third-order valence-corrected chi connectivity index (χ3v) is 6.41. The van der Waals surface area contributed by atoms with E-state index in [-0.39, 0.29) is 11.6 Å². The molecule has 0 bridgehead atoms. The molecule has 2 amide bonds. The number of pyridine rings is 1. The Kier molecular flexibility index (Phi) is 5.92. The minimum Gasteiger partial charge on any atom is -0.439 e. The lowest BCUT2D eigenvalue weighted by molar-refractivity contribution is -0.0355. The van der Waals surface area contributed by atoms with Gasteiger partial charge in [-0.05, 0) is 61.6 Å². The molecule has 2 aliphatic heterocycles. The standard InChI is InChI=1S/C25H27N5O3/c1-18-7-8-23(26-16-18)33-21-5-2-4-19(14-21)20-15-25(32-17-20)9-12-30(13-10-25)24(31)28-22-6-3-11-27-29-22/h2-8,11,14,16,20H,9-10,12-13,15,17H2,1H3,(H,28,29,31)/t20-/m1/s1. The Morgan fingerprint density at radius 1 is 1.18 bits per heavy atom. The average molecular weight is 446 g/mol. The molecule has 2 saturated heterocycles. The largest absolute Gasteiger partial charge is 0.439 e. The molecular weight excluding hydrogens is 418 g/mol. The van der Waals surface area contributed by atoms with Crippen molar-refractivity contribution in [2.24, 2.45) is 0 Å². The summed E-state index contributed by atoms with van der Waals surface area (Å²) < 4.78 is 12.3. The summed E-state index contributed by atoms with van der Waals surface area (Å²) in [6.45, 7) is 3.99. The number of piperidine rings is 1. The van der Waals surface area contributed by atoms with Gasteiger partial charge >= 0.3 is 6.03 Å². The molecule has 170 valence electrons. The van der Waals surface area contributed by atoms with Gasteiger partial charge in [0.1, 0.15) is 5.75 Å². The molecule has 2 aromatic heterocycles. The summed E-state index contributed by atoms with van der Waals surface area (Å²) >= 11 is 0. The van der Waals surface area contributed by atoms with Gasteiger partial charge in [-0.3, -0.25) is 5.32 Å². The zero-order valence-electron chi connectivity index (χ0n) is 18.6. The van der Waals surface area contributed by atoms with E-state index in [2.05, 4.69) is 32.6 Å². The molecular formula is C25H27N5O3. The quantitative estimate of drug-likeness (QED) is 0.634. The fourth-order valence-corrected chi connectivity index (χ4v) is 4.55. The molecule has 0 radical (unpaired) electrons. The molecule has 0 aliphatic carbocycles. The molecule has 5 rings (SSSR count). The molecule has 8 heteroatoms. The van der Waals surface area contributed by atoms with Gasteiger partial charge in [-0.1, -0.05) is 18.2 Å². The van der Waals surface area contributed by atoms with E-state index in [4.69, 9.17) is 9.47 Å². The molecule has 0 saturated carbocycles. The lowest BCUT2D eigenvalue weighted by Crippen LogP contribution is -2.47. The van der Waals surface area contributed by atoms with Crippen molar-refractivity contribution in [3.8, 4) is 11.6 Å². The monoisotopic (exact) mass is 445 g/mol. The Labute approximate surface area is 193 Å². The van der Waals surface area contributed by atoms with Crippen molar-refractivity contribution >= 4 is 11.8 Å². The van der Waals surface area contributed by atoms with Crippen molar-refractivity contribution in [1.82, 2.24) is 20.1 Å².